The summed E-state index contributed by atoms with van der Waals surface area (Å²) in [5.41, 5.74) is 1.56. The van der Waals surface area contributed by atoms with Crippen molar-refractivity contribution < 1.29 is 0 Å². The van der Waals surface area contributed by atoms with E-state index < -0.39 is 0 Å². The van der Waals surface area contributed by atoms with E-state index in [1.54, 1.807) is 57.8 Å². The van der Waals surface area contributed by atoms with Gasteiger partial charge in [-0.1, -0.05) is 12.8 Å². The van der Waals surface area contributed by atoms with E-state index in [-0.39, 0.29) is 0 Å². The van der Waals surface area contributed by atoms with Crippen LogP contribution in [0.1, 0.15) is 64.2 Å². The van der Waals surface area contributed by atoms with E-state index in [0.29, 0.717) is 0 Å². The summed E-state index contributed by atoms with van der Waals surface area (Å²) in [5.74, 6) is 4.38. The summed E-state index contributed by atoms with van der Waals surface area (Å²) in [6, 6.07) is 0. The standard InChI is InChI=1S/C18H29N/c1-2-14-11-19-12-18(7-1)15(14)6-9-17-8-5-13(10-17)3-4-16(17)18/h13-16,19H,1-12H2/t13-,14-,15+,16+,17-,18-/m0/s1. The minimum Gasteiger partial charge on any atom is -0.316 e. The van der Waals surface area contributed by atoms with Gasteiger partial charge in [-0.05, 0) is 92.4 Å². The molecule has 0 unspecified atom stereocenters. The molecule has 1 aliphatic heterocycles. The van der Waals surface area contributed by atoms with Gasteiger partial charge in [0.1, 0.15) is 0 Å². The van der Waals surface area contributed by atoms with Crippen LogP contribution >= 0.6 is 0 Å². The van der Waals surface area contributed by atoms with Gasteiger partial charge in [-0.2, -0.15) is 0 Å². The SMILES string of the molecule is C1C[C@H]2CNC[C@@]3(C1)[C@@H]2CC[C@]12CC[C@H](CC[C@H]13)C2. The largest absolute Gasteiger partial charge is 0.316 e. The maximum Gasteiger partial charge on any atom is 0.00136 e. The van der Waals surface area contributed by atoms with Gasteiger partial charge in [-0.3, -0.25) is 0 Å². The van der Waals surface area contributed by atoms with E-state index in [0.717, 1.165) is 34.5 Å². The van der Waals surface area contributed by atoms with Gasteiger partial charge in [0.2, 0.25) is 0 Å². The summed E-state index contributed by atoms with van der Waals surface area (Å²) in [4.78, 5) is 0. The van der Waals surface area contributed by atoms with Crippen molar-refractivity contribution in [1.29, 1.82) is 0 Å². The third kappa shape index (κ3) is 1.36. The summed E-state index contributed by atoms with van der Waals surface area (Å²) >= 11 is 0. The molecule has 1 saturated heterocycles. The zero-order valence-corrected chi connectivity index (χ0v) is 12.3. The number of hydrogen-bond donors (Lipinski definition) is 1. The highest BCUT2D eigenvalue weighted by Gasteiger charge is 2.63. The smallest absolute Gasteiger partial charge is 0.00136 e. The van der Waals surface area contributed by atoms with Gasteiger partial charge in [-0.15, -0.1) is 0 Å². The molecule has 1 N–H and O–H groups in total. The monoisotopic (exact) mass is 259 g/mol. The van der Waals surface area contributed by atoms with Gasteiger partial charge >= 0.3 is 0 Å². The zero-order chi connectivity index (χ0) is 12.5. The van der Waals surface area contributed by atoms with E-state index in [2.05, 4.69) is 5.32 Å². The molecule has 5 aliphatic rings. The Morgan fingerprint density at radius 3 is 2.84 bits per heavy atom. The Labute approximate surface area is 117 Å². The fourth-order valence-corrected chi connectivity index (χ4v) is 7.87. The lowest BCUT2D eigenvalue weighted by Gasteiger charge is -2.65. The number of piperidine rings is 1. The molecule has 0 aromatic carbocycles. The zero-order valence-electron chi connectivity index (χ0n) is 12.3. The van der Waals surface area contributed by atoms with Crippen LogP contribution in [0, 0.1) is 34.5 Å². The second-order valence-corrected chi connectivity index (χ2v) is 8.76. The second-order valence-electron chi connectivity index (χ2n) is 8.76. The third-order valence-corrected chi connectivity index (χ3v) is 8.38. The van der Waals surface area contributed by atoms with E-state index in [1.165, 1.54) is 19.5 Å². The van der Waals surface area contributed by atoms with Crippen LogP contribution in [-0.2, 0) is 0 Å². The van der Waals surface area contributed by atoms with Crippen molar-refractivity contribution in [2.45, 2.75) is 64.2 Å². The first-order chi connectivity index (χ1) is 9.32. The lowest BCUT2D eigenvalue weighted by molar-refractivity contribution is -0.145. The number of hydrogen-bond acceptors (Lipinski definition) is 1. The van der Waals surface area contributed by atoms with Crippen LogP contribution in [0.15, 0.2) is 0 Å². The van der Waals surface area contributed by atoms with Gasteiger partial charge < -0.3 is 5.32 Å². The Bertz CT molecular complexity index is 379. The molecule has 4 aliphatic carbocycles. The molecule has 1 spiro atoms. The topological polar surface area (TPSA) is 12.0 Å². The van der Waals surface area contributed by atoms with Crippen molar-refractivity contribution in [1.82, 2.24) is 5.32 Å². The Morgan fingerprint density at radius 2 is 1.84 bits per heavy atom. The minimum absolute atomic E-state index is 0.745. The highest BCUT2D eigenvalue weighted by atomic mass is 14.9. The van der Waals surface area contributed by atoms with Crippen LogP contribution in [-0.4, -0.2) is 13.1 Å². The molecule has 0 aromatic heterocycles. The molecule has 0 amide bonds. The summed E-state index contributed by atoms with van der Waals surface area (Å²) in [7, 11) is 0. The lowest BCUT2D eigenvalue weighted by atomic mass is 9.42. The van der Waals surface area contributed by atoms with Gasteiger partial charge in [0.25, 0.3) is 0 Å². The maximum atomic E-state index is 3.86. The van der Waals surface area contributed by atoms with Crippen LogP contribution in [0.5, 0.6) is 0 Å². The van der Waals surface area contributed by atoms with Crippen LogP contribution in [0.2, 0.25) is 0 Å². The molecule has 0 radical (unpaired) electrons. The molecule has 1 heterocycles. The van der Waals surface area contributed by atoms with Crippen molar-refractivity contribution in [3.63, 3.8) is 0 Å². The molecule has 0 aromatic rings. The summed E-state index contributed by atoms with van der Waals surface area (Å²) < 4.78 is 0. The number of rotatable bonds is 0. The van der Waals surface area contributed by atoms with E-state index >= 15 is 0 Å². The van der Waals surface area contributed by atoms with Crippen molar-refractivity contribution in [2.75, 3.05) is 13.1 Å². The van der Waals surface area contributed by atoms with Crippen LogP contribution < -0.4 is 5.32 Å². The minimum atomic E-state index is 0.745. The Balaban J connectivity index is 1.58. The molecule has 1 nitrogen and oxygen atoms in total. The predicted molar refractivity (Wildman–Crippen MR) is 77.9 cm³/mol. The summed E-state index contributed by atoms with van der Waals surface area (Å²) in [5, 5.41) is 3.86. The molecule has 4 bridgehead atoms. The predicted octanol–water partition coefficient (Wildman–Crippen LogP) is 3.98. The Morgan fingerprint density at radius 1 is 0.895 bits per heavy atom. The fourth-order valence-electron chi connectivity index (χ4n) is 7.87. The highest BCUT2D eigenvalue weighted by Crippen LogP contribution is 2.70. The van der Waals surface area contributed by atoms with Crippen LogP contribution in [0.25, 0.3) is 0 Å². The van der Waals surface area contributed by atoms with Crippen molar-refractivity contribution in [2.24, 2.45) is 34.5 Å². The first-order valence-electron chi connectivity index (χ1n) is 9.03. The van der Waals surface area contributed by atoms with Crippen LogP contribution in [0.3, 0.4) is 0 Å². The van der Waals surface area contributed by atoms with E-state index in [4.69, 9.17) is 0 Å². The van der Waals surface area contributed by atoms with E-state index in [1.807, 2.05) is 0 Å². The summed E-state index contributed by atoms with van der Waals surface area (Å²) in [6.07, 6.45) is 15.8. The molecular weight excluding hydrogens is 230 g/mol. The molecule has 106 valence electrons. The first kappa shape index (κ1) is 11.6. The molecule has 6 atom stereocenters. The Kier molecular flexibility index (Phi) is 2.31. The maximum absolute atomic E-state index is 3.86. The molecule has 5 rings (SSSR count). The normalized spacial score (nSPS) is 59.4. The number of nitrogens with one attached hydrogen (secondary N) is 1. The fraction of sp³-hybridized carbons (Fsp3) is 1.00. The Hall–Kier alpha value is -0.0400. The van der Waals surface area contributed by atoms with Crippen molar-refractivity contribution in [3.05, 3.63) is 0 Å². The van der Waals surface area contributed by atoms with Crippen molar-refractivity contribution >= 4 is 0 Å². The highest BCUT2D eigenvalue weighted by molar-refractivity contribution is 5.13. The molecule has 4 saturated carbocycles. The van der Waals surface area contributed by atoms with Crippen LogP contribution in [0.4, 0.5) is 0 Å². The average Bonchev–Trinajstić information content (AvgIpc) is 2.73. The average molecular weight is 259 g/mol. The van der Waals surface area contributed by atoms with Gasteiger partial charge in [-0.25, -0.2) is 0 Å². The first-order valence-corrected chi connectivity index (χ1v) is 9.03. The quantitative estimate of drug-likeness (QED) is 0.694. The number of fused-ring (bicyclic) bond motifs is 1. The van der Waals surface area contributed by atoms with Crippen molar-refractivity contribution in [3.8, 4) is 0 Å². The van der Waals surface area contributed by atoms with E-state index in [9.17, 15) is 0 Å². The van der Waals surface area contributed by atoms with Gasteiger partial charge in [0, 0.05) is 6.54 Å². The lowest BCUT2D eigenvalue weighted by Crippen LogP contribution is -2.63. The van der Waals surface area contributed by atoms with Gasteiger partial charge in [0.05, 0.1) is 0 Å². The molecular formula is C18H29N. The molecule has 19 heavy (non-hydrogen) atoms. The van der Waals surface area contributed by atoms with Gasteiger partial charge in [0.15, 0.2) is 0 Å². The third-order valence-electron chi connectivity index (χ3n) is 8.38. The molecule has 1 heteroatoms. The molecule has 5 fully saturated rings. The summed E-state index contributed by atoms with van der Waals surface area (Å²) in [6.45, 7) is 2.72. The second kappa shape index (κ2) is 3.78.